The van der Waals surface area contributed by atoms with E-state index in [4.69, 9.17) is 4.42 Å². The molecule has 1 heterocycles. The van der Waals surface area contributed by atoms with Gasteiger partial charge in [0.05, 0.1) is 0 Å². The summed E-state index contributed by atoms with van der Waals surface area (Å²) in [6, 6.07) is 67.7. The highest BCUT2D eigenvalue weighted by Crippen LogP contribution is 2.40. The summed E-state index contributed by atoms with van der Waals surface area (Å²) in [5.74, 6) is 0.0710. The lowest BCUT2D eigenvalue weighted by molar-refractivity contribution is 0.670. The van der Waals surface area contributed by atoms with Gasteiger partial charge in [0.2, 0.25) is 0 Å². The molecule has 1 unspecified atom stereocenters. The summed E-state index contributed by atoms with van der Waals surface area (Å²) in [6.07, 6.45) is 0. The Balaban J connectivity index is 1.11. The van der Waals surface area contributed by atoms with Crippen LogP contribution < -0.4 is 0 Å². The number of benzene rings is 8. The van der Waals surface area contributed by atoms with Crippen molar-refractivity contribution in [2.24, 2.45) is 0 Å². The van der Waals surface area contributed by atoms with E-state index >= 15 is 0 Å². The van der Waals surface area contributed by atoms with Gasteiger partial charge in [0.25, 0.3) is 0 Å². The highest BCUT2D eigenvalue weighted by Gasteiger charge is 2.20. The zero-order valence-corrected chi connectivity index (χ0v) is 26.4. The Bertz CT molecular complexity index is 2520. The Morgan fingerprint density at radius 3 is 1.54 bits per heavy atom. The van der Waals surface area contributed by atoms with Gasteiger partial charge in [-0.3, -0.25) is 0 Å². The maximum absolute atomic E-state index is 6.38. The summed E-state index contributed by atoms with van der Waals surface area (Å²) in [5, 5.41) is 4.83. The van der Waals surface area contributed by atoms with Crippen LogP contribution in [0.4, 0.5) is 0 Å². The van der Waals surface area contributed by atoms with E-state index < -0.39 is 0 Å². The smallest absolute Gasteiger partial charge is 0.143 e. The molecule has 8 aromatic carbocycles. The highest BCUT2D eigenvalue weighted by atomic mass is 16.3. The molecule has 0 N–H and O–H groups in total. The highest BCUT2D eigenvalue weighted by molar-refractivity contribution is 6.09. The monoisotopic (exact) mass is 612 g/mol. The molecule has 0 saturated carbocycles. The van der Waals surface area contributed by atoms with E-state index in [0.29, 0.717) is 0 Å². The molecule has 9 aromatic rings. The van der Waals surface area contributed by atoms with Gasteiger partial charge in [0, 0.05) is 22.3 Å². The number of fused-ring (bicyclic) bond motifs is 4. The summed E-state index contributed by atoms with van der Waals surface area (Å²) in [4.78, 5) is 0. The molecule has 0 bridgehead atoms. The van der Waals surface area contributed by atoms with Gasteiger partial charge < -0.3 is 4.42 Å². The van der Waals surface area contributed by atoms with Gasteiger partial charge >= 0.3 is 0 Å². The van der Waals surface area contributed by atoms with E-state index in [1.54, 1.807) is 0 Å². The van der Waals surface area contributed by atoms with E-state index in [0.717, 1.165) is 33.1 Å². The molecule has 1 nitrogen and oxygen atoms in total. The minimum absolute atomic E-state index is 0.0710. The fourth-order valence-corrected chi connectivity index (χ4v) is 7.24. The van der Waals surface area contributed by atoms with Crippen LogP contribution in [0, 0.1) is 0 Å². The summed E-state index contributed by atoms with van der Waals surface area (Å²) < 4.78 is 6.38. The molecule has 0 aliphatic carbocycles. The largest absolute Gasteiger partial charge is 0.455 e. The summed E-state index contributed by atoms with van der Waals surface area (Å²) in [5.41, 5.74) is 12.8. The normalized spacial score (nSPS) is 12.1. The second-order valence-corrected chi connectivity index (χ2v) is 12.5. The van der Waals surface area contributed by atoms with Crippen LogP contribution in [-0.2, 0) is 0 Å². The van der Waals surface area contributed by atoms with Crippen LogP contribution in [0.15, 0.2) is 192 Å². The zero-order chi connectivity index (χ0) is 31.9. The van der Waals surface area contributed by atoms with Gasteiger partial charge in [-0.1, -0.05) is 182 Å². The predicted octanol–water partition coefficient (Wildman–Crippen LogP) is 12.9. The molecule has 9 rings (SSSR count). The van der Waals surface area contributed by atoms with Crippen molar-refractivity contribution in [2.75, 3.05) is 0 Å². The topological polar surface area (TPSA) is 13.1 Å². The van der Waals surface area contributed by atoms with Crippen molar-refractivity contribution < 1.29 is 4.42 Å². The summed E-state index contributed by atoms with van der Waals surface area (Å²) in [6.45, 7) is 0. The van der Waals surface area contributed by atoms with Gasteiger partial charge in [-0.15, -0.1) is 0 Å². The lowest BCUT2D eigenvalue weighted by atomic mass is 9.82. The Labute approximate surface area is 280 Å². The molecule has 0 aliphatic rings. The average Bonchev–Trinajstić information content (AvgIpc) is 3.55. The Morgan fingerprint density at radius 1 is 0.333 bits per heavy atom. The number of hydrogen-bond donors (Lipinski definition) is 0. The minimum Gasteiger partial charge on any atom is -0.455 e. The van der Waals surface area contributed by atoms with Crippen molar-refractivity contribution in [1.29, 1.82) is 0 Å². The average molecular weight is 613 g/mol. The first-order chi connectivity index (χ1) is 23.8. The van der Waals surface area contributed by atoms with Crippen LogP contribution in [-0.4, -0.2) is 0 Å². The van der Waals surface area contributed by atoms with E-state index in [1.807, 2.05) is 12.1 Å². The molecular formula is C47H32O. The number of rotatable bonds is 6. The molecule has 226 valence electrons. The van der Waals surface area contributed by atoms with E-state index in [9.17, 15) is 0 Å². The fourth-order valence-electron chi connectivity index (χ4n) is 7.24. The van der Waals surface area contributed by atoms with E-state index in [-0.39, 0.29) is 5.92 Å². The van der Waals surface area contributed by atoms with Crippen molar-refractivity contribution >= 4 is 32.7 Å². The van der Waals surface area contributed by atoms with Crippen LogP contribution in [0.2, 0.25) is 0 Å². The van der Waals surface area contributed by atoms with Gasteiger partial charge in [0.1, 0.15) is 11.2 Å². The quantitative estimate of drug-likeness (QED) is 0.170. The van der Waals surface area contributed by atoms with Crippen molar-refractivity contribution in [3.8, 4) is 33.4 Å². The SMILES string of the molecule is c1ccc(-c2ccc(-c3ccc(C(c4ccc(-c5cccc6c5oc5ccccc56)cc4)c4cccc5ccccc45)cc3)cc2)cc1. The molecule has 0 amide bonds. The third-order valence-corrected chi connectivity index (χ3v) is 9.66. The predicted molar refractivity (Wildman–Crippen MR) is 201 cm³/mol. The van der Waals surface area contributed by atoms with Gasteiger partial charge in [0.15, 0.2) is 0 Å². The van der Waals surface area contributed by atoms with Crippen LogP contribution in [0.1, 0.15) is 22.6 Å². The molecule has 0 aliphatic heterocycles. The zero-order valence-electron chi connectivity index (χ0n) is 26.4. The molecule has 0 fully saturated rings. The minimum atomic E-state index is 0.0710. The first kappa shape index (κ1) is 28.1. The van der Waals surface area contributed by atoms with Gasteiger partial charge in [-0.25, -0.2) is 0 Å². The van der Waals surface area contributed by atoms with Crippen LogP contribution in [0.25, 0.3) is 66.1 Å². The number of para-hydroxylation sites is 2. The van der Waals surface area contributed by atoms with Crippen LogP contribution in [0.5, 0.6) is 0 Å². The van der Waals surface area contributed by atoms with Crippen molar-refractivity contribution in [2.45, 2.75) is 5.92 Å². The van der Waals surface area contributed by atoms with Crippen LogP contribution in [0.3, 0.4) is 0 Å². The fraction of sp³-hybridized carbons (Fsp3) is 0.0213. The second-order valence-electron chi connectivity index (χ2n) is 12.5. The third kappa shape index (κ3) is 4.98. The molecule has 1 heteroatoms. The van der Waals surface area contributed by atoms with E-state index in [1.165, 1.54) is 49.7 Å². The maximum atomic E-state index is 6.38. The lowest BCUT2D eigenvalue weighted by Gasteiger charge is -2.22. The van der Waals surface area contributed by atoms with Crippen LogP contribution >= 0.6 is 0 Å². The third-order valence-electron chi connectivity index (χ3n) is 9.66. The van der Waals surface area contributed by atoms with Gasteiger partial charge in [-0.05, 0) is 61.3 Å². The van der Waals surface area contributed by atoms with Crippen molar-refractivity contribution in [3.05, 3.63) is 205 Å². The Hall–Kier alpha value is -6.18. The van der Waals surface area contributed by atoms with Gasteiger partial charge in [-0.2, -0.15) is 0 Å². The lowest BCUT2D eigenvalue weighted by Crippen LogP contribution is -2.04. The Morgan fingerprint density at radius 2 is 0.833 bits per heavy atom. The number of hydrogen-bond acceptors (Lipinski definition) is 1. The first-order valence-corrected chi connectivity index (χ1v) is 16.5. The van der Waals surface area contributed by atoms with Crippen molar-refractivity contribution in [3.63, 3.8) is 0 Å². The van der Waals surface area contributed by atoms with E-state index in [2.05, 4.69) is 176 Å². The molecule has 1 aromatic heterocycles. The second kappa shape index (κ2) is 11.9. The Kier molecular flexibility index (Phi) is 6.95. The first-order valence-electron chi connectivity index (χ1n) is 16.5. The molecule has 1 atom stereocenters. The van der Waals surface area contributed by atoms with Crippen molar-refractivity contribution in [1.82, 2.24) is 0 Å². The molecule has 48 heavy (non-hydrogen) atoms. The maximum Gasteiger partial charge on any atom is 0.143 e. The molecule has 0 saturated heterocycles. The standard InChI is InChI=1S/C47H32O/c1-2-10-32(11-3-1)33-20-22-34(23-21-33)35-24-28-38(29-25-35)46(43-17-8-13-36-12-4-5-14-40(36)43)39-30-26-37(27-31-39)41-16-9-18-44-42-15-6-7-19-45(42)48-47(41)44/h1-31,46H. The number of furan rings is 1. The summed E-state index contributed by atoms with van der Waals surface area (Å²) >= 11 is 0. The summed E-state index contributed by atoms with van der Waals surface area (Å²) in [7, 11) is 0. The molecule has 0 spiro atoms. The molecular weight excluding hydrogens is 581 g/mol. The molecule has 0 radical (unpaired) electrons.